The minimum Gasteiger partial charge on any atom is -0.415 e. The lowest BCUT2D eigenvalue weighted by Crippen LogP contribution is -2.07. The van der Waals surface area contributed by atoms with Gasteiger partial charge in [0.1, 0.15) is 5.56 Å². The predicted molar refractivity (Wildman–Crippen MR) is 102 cm³/mol. The van der Waals surface area contributed by atoms with Crippen LogP contribution in [0, 0.1) is 10.1 Å². The number of H-pyrrole nitrogens is 1. The van der Waals surface area contributed by atoms with E-state index < -0.39 is 10.5 Å². The molecule has 2 heterocycles. The Bertz CT molecular complexity index is 1230. The molecule has 4 rings (SSSR count). The molecule has 0 saturated carbocycles. The van der Waals surface area contributed by atoms with Gasteiger partial charge in [-0.15, -0.1) is 5.10 Å². The van der Waals surface area contributed by atoms with Gasteiger partial charge >= 0.3 is 11.3 Å². The zero-order valence-corrected chi connectivity index (χ0v) is 14.9. The number of fused-ring (bicyclic) bond motifs is 1. The number of nitrogens with one attached hydrogen (secondary N) is 1. The van der Waals surface area contributed by atoms with Gasteiger partial charge in [-0.05, 0) is 45.8 Å². The lowest BCUT2D eigenvalue weighted by molar-refractivity contribution is -0.383. The Morgan fingerprint density at radius 3 is 2.46 bits per heavy atom. The number of anilines is 1. The maximum absolute atomic E-state index is 12.3. The first kappa shape index (κ1) is 17.3. The third-order valence-corrected chi connectivity index (χ3v) is 4.33. The molecule has 10 heteroatoms. The van der Waals surface area contributed by atoms with Crippen molar-refractivity contribution in [3.05, 3.63) is 63.0 Å². The van der Waals surface area contributed by atoms with E-state index in [2.05, 4.69) is 20.6 Å². The van der Waals surface area contributed by atoms with Crippen molar-refractivity contribution in [1.29, 1.82) is 0 Å². The van der Waals surface area contributed by atoms with Gasteiger partial charge in [0, 0.05) is 31.2 Å². The molecule has 0 aliphatic heterocycles. The van der Waals surface area contributed by atoms with E-state index >= 15 is 0 Å². The van der Waals surface area contributed by atoms with Gasteiger partial charge in [-0.1, -0.05) is 12.1 Å². The van der Waals surface area contributed by atoms with Crippen LogP contribution in [0.15, 0.2) is 51.7 Å². The summed E-state index contributed by atoms with van der Waals surface area (Å²) in [7, 11) is 3.86. The lowest BCUT2D eigenvalue weighted by Gasteiger charge is -2.13. The van der Waals surface area contributed by atoms with E-state index in [-0.39, 0.29) is 22.7 Å². The molecule has 2 aromatic heterocycles. The maximum atomic E-state index is 12.3. The molecule has 0 atom stereocenters. The summed E-state index contributed by atoms with van der Waals surface area (Å²) in [6.45, 7) is 0. The van der Waals surface area contributed by atoms with E-state index in [4.69, 9.17) is 4.42 Å². The molecule has 0 fully saturated rings. The number of nitro benzene ring substituents is 1. The smallest absolute Gasteiger partial charge is 0.347 e. The van der Waals surface area contributed by atoms with E-state index in [1.165, 1.54) is 12.1 Å². The molecule has 0 aliphatic rings. The molecule has 0 unspecified atom stereocenters. The number of rotatable bonds is 4. The van der Waals surface area contributed by atoms with Crippen LogP contribution in [0.5, 0.6) is 0 Å². The van der Waals surface area contributed by atoms with E-state index in [0.29, 0.717) is 10.9 Å². The molecule has 2 aromatic carbocycles. The van der Waals surface area contributed by atoms with Crippen molar-refractivity contribution < 1.29 is 9.34 Å². The van der Waals surface area contributed by atoms with Crippen molar-refractivity contribution in [2.45, 2.75) is 0 Å². The average molecular weight is 378 g/mol. The number of benzene rings is 2. The molecule has 0 spiro atoms. The Morgan fingerprint density at radius 1 is 1.11 bits per heavy atom. The lowest BCUT2D eigenvalue weighted by atomic mass is 10.0. The van der Waals surface area contributed by atoms with Gasteiger partial charge in [-0.25, -0.2) is 9.89 Å². The average Bonchev–Trinajstić information content (AvgIpc) is 3.21. The SMILES string of the molecule is CN(C)c1ccc(-c2cc([N+](=O)[O-])c3oc(=O)c(-c4nnn[nH]4)cc3c2)cc1. The first-order chi connectivity index (χ1) is 13.4. The van der Waals surface area contributed by atoms with Crippen molar-refractivity contribution in [2.24, 2.45) is 0 Å². The summed E-state index contributed by atoms with van der Waals surface area (Å²) < 4.78 is 5.23. The third-order valence-electron chi connectivity index (χ3n) is 4.33. The largest absolute Gasteiger partial charge is 0.415 e. The fraction of sp³-hybridized carbons (Fsp3) is 0.111. The summed E-state index contributed by atoms with van der Waals surface area (Å²) in [6, 6.07) is 12.2. The van der Waals surface area contributed by atoms with Crippen LogP contribution in [-0.4, -0.2) is 39.6 Å². The van der Waals surface area contributed by atoms with Gasteiger partial charge < -0.3 is 9.32 Å². The molecule has 0 aliphatic carbocycles. The minimum absolute atomic E-state index is 0.0897. The number of aromatic amines is 1. The Hall–Kier alpha value is -4.08. The first-order valence-electron chi connectivity index (χ1n) is 8.22. The van der Waals surface area contributed by atoms with Gasteiger partial charge in [0.25, 0.3) is 0 Å². The summed E-state index contributed by atoms with van der Waals surface area (Å²) >= 11 is 0. The number of tetrazole rings is 1. The topological polar surface area (TPSA) is 131 Å². The third kappa shape index (κ3) is 2.96. The summed E-state index contributed by atoms with van der Waals surface area (Å²) in [6.07, 6.45) is 0. The fourth-order valence-corrected chi connectivity index (χ4v) is 2.91. The second-order valence-corrected chi connectivity index (χ2v) is 6.31. The van der Waals surface area contributed by atoms with Gasteiger partial charge in [-0.3, -0.25) is 10.1 Å². The molecule has 28 heavy (non-hydrogen) atoms. The number of hydrogen-bond donors (Lipinski definition) is 1. The maximum Gasteiger partial charge on any atom is 0.347 e. The van der Waals surface area contributed by atoms with E-state index in [0.717, 1.165) is 11.3 Å². The molecule has 0 bridgehead atoms. The Labute approximate surface area is 157 Å². The highest BCUT2D eigenvalue weighted by Gasteiger charge is 2.20. The second kappa shape index (κ2) is 6.58. The number of nitrogens with zero attached hydrogens (tertiary/aromatic N) is 5. The van der Waals surface area contributed by atoms with Crippen LogP contribution in [0.1, 0.15) is 0 Å². The molecule has 10 nitrogen and oxygen atoms in total. The zero-order valence-electron chi connectivity index (χ0n) is 14.9. The number of aromatic nitrogens is 4. The standard InChI is InChI=1S/C18H14N6O4/c1-23(2)13-5-3-10(4-6-13)11-7-12-8-14(17-19-21-22-20-17)18(25)28-16(12)15(9-11)24(26)27/h3-9H,1-2H3,(H,19,20,21,22). The zero-order chi connectivity index (χ0) is 19.8. The molecule has 0 radical (unpaired) electrons. The van der Waals surface area contributed by atoms with E-state index in [1.54, 1.807) is 6.07 Å². The minimum atomic E-state index is -0.766. The summed E-state index contributed by atoms with van der Waals surface area (Å²) in [4.78, 5) is 25.2. The van der Waals surface area contributed by atoms with Crippen molar-refractivity contribution in [3.63, 3.8) is 0 Å². The molecule has 1 N–H and O–H groups in total. The van der Waals surface area contributed by atoms with Crippen molar-refractivity contribution in [2.75, 3.05) is 19.0 Å². The first-order valence-corrected chi connectivity index (χ1v) is 8.22. The van der Waals surface area contributed by atoms with E-state index in [1.807, 2.05) is 43.3 Å². The Balaban J connectivity index is 1.94. The molecular weight excluding hydrogens is 364 g/mol. The van der Waals surface area contributed by atoms with Crippen LogP contribution in [0.2, 0.25) is 0 Å². The van der Waals surface area contributed by atoms with Gasteiger partial charge in [0.05, 0.1) is 4.92 Å². The molecule has 4 aromatic rings. The molecule has 0 saturated heterocycles. The Morgan fingerprint density at radius 2 is 1.86 bits per heavy atom. The van der Waals surface area contributed by atoms with Crippen molar-refractivity contribution in [1.82, 2.24) is 20.6 Å². The monoisotopic (exact) mass is 378 g/mol. The quantitative estimate of drug-likeness (QED) is 0.326. The van der Waals surface area contributed by atoms with Gasteiger partial charge in [0.15, 0.2) is 5.82 Å². The van der Waals surface area contributed by atoms with Crippen LogP contribution in [0.3, 0.4) is 0 Å². The number of hydrogen-bond acceptors (Lipinski definition) is 8. The van der Waals surface area contributed by atoms with Crippen LogP contribution < -0.4 is 10.5 Å². The molecule has 140 valence electrons. The van der Waals surface area contributed by atoms with Crippen molar-refractivity contribution >= 4 is 22.3 Å². The predicted octanol–water partition coefficient (Wildman–Crippen LogP) is 2.61. The fourth-order valence-electron chi connectivity index (χ4n) is 2.91. The summed E-state index contributed by atoms with van der Waals surface area (Å²) in [5.74, 6) is 0.124. The number of non-ortho nitro benzene ring substituents is 1. The summed E-state index contributed by atoms with van der Waals surface area (Å²) in [5, 5.41) is 25.0. The van der Waals surface area contributed by atoms with Crippen molar-refractivity contribution in [3.8, 4) is 22.5 Å². The van der Waals surface area contributed by atoms with Crippen LogP contribution >= 0.6 is 0 Å². The normalized spacial score (nSPS) is 10.9. The van der Waals surface area contributed by atoms with Gasteiger partial charge in [-0.2, -0.15) is 0 Å². The Kier molecular flexibility index (Phi) is 4.07. The highest BCUT2D eigenvalue weighted by Crippen LogP contribution is 2.33. The highest BCUT2D eigenvalue weighted by molar-refractivity contribution is 5.92. The molecule has 0 amide bonds. The highest BCUT2D eigenvalue weighted by atomic mass is 16.6. The molecular formula is C18H14N6O4. The van der Waals surface area contributed by atoms with E-state index in [9.17, 15) is 14.9 Å². The van der Waals surface area contributed by atoms with Gasteiger partial charge in [0.2, 0.25) is 5.58 Å². The number of nitro groups is 1. The van der Waals surface area contributed by atoms with Crippen LogP contribution in [-0.2, 0) is 0 Å². The van der Waals surface area contributed by atoms with Crippen LogP contribution in [0.4, 0.5) is 11.4 Å². The van der Waals surface area contributed by atoms with Crippen LogP contribution in [0.25, 0.3) is 33.5 Å². The summed E-state index contributed by atoms with van der Waals surface area (Å²) in [5.41, 5.74) is 1.36. The second-order valence-electron chi connectivity index (χ2n) is 6.31.